The maximum Gasteiger partial charge on any atom is 0.269 e. The molecule has 0 saturated heterocycles. The summed E-state index contributed by atoms with van der Waals surface area (Å²) in [6.45, 7) is 0.0302. The van der Waals surface area contributed by atoms with Crippen molar-refractivity contribution in [2.75, 3.05) is 12.9 Å². The first kappa shape index (κ1) is 17.9. The van der Waals surface area contributed by atoms with E-state index in [0.29, 0.717) is 5.56 Å². The second-order valence-electron chi connectivity index (χ2n) is 4.72. The predicted molar refractivity (Wildman–Crippen MR) is 84.4 cm³/mol. The van der Waals surface area contributed by atoms with Crippen molar-refractivity contribution in [3.8, 4) is 0 Å². The van der Waals surface area contributed by atoms with Gasteiger partial charge in [0.1, 0.15) is 18.8 Å². The Balaban J connectivity index is 2.33. The Hall–Kier alpha value is -1.42. The number of nitro benzene ring substituents is 1. The third-order valence-electron chi connectivity index (χ3n) is 2.94. The quantitative estimate of drug-likeness (QED) is 0.323. The first-order valence-electron chi connectivity index (χ1n) is 6.28. The molecule has 0 aliphatic carbocycles. The molecule has 0 bridgehead atoms. The number of rotatable bonds is 6. The second kappa shape index (κ2) is 7.00. The molecule has 0 saturated carbocycles. The van der Waals surface area contributed by atoms with Crippen LogP contribution in [0.15, 0.2) is 29.3 Å². The number of alkyl halides is 2. The molecule has 0 amide bonds. The van der Waals surface area contributed by atoms with E-state index in [-0.39, 0.29) is 18.2 Å². The molecule has 0 N–H and O–H groups in total. The van der Waals surface area contributed by atoms with Crippen molar-refractivity contribution in [3.63, 3.8) is 0 Å². The minimum Gasteiger partial charge on any atom is -0.477 e. The summed E-state index contributed by atoms with van der Waals surface area (Å²) in [5.74, 6) is 0.0716. The lowest BCUT2D eigenvalue weighted by Gasteiger charge is -2.19. The lowest BCUT2D eigenvalue weighted by Crippen LogP contribution is -2.23. The number of nitrogens with zero attached hydrogens (tertiary/aromatic N) is 2. The van der Waals surface area contributed by atoms with Crippen LogP contribution in [-0.2, 0) is 19.0 Å². The number of ether oxygens (including phenoxy) is 1. The molecule has 1 aromatic carbocycles. The maximum atomic E-state index is 11.5. The van der Waals surface area contributed by atoms with E-state index in [2.05, 4.69) is 4.99 Å². The Morgan fingerprint density at radius 1 is 1.39 bits per heavy atom. The van der Waals surface area contributed by atoms with Gasteiger partial charge in [-0.15, -0.1) is 0 Å². The zero-order valence-corrected chi connectivity index (χ0v) is 14.1. The number of halogens is 2. The van der Waals surface area contributed by atoms with Crippen LogP contribution < -0.4 is 0 Å². The largest absolute Gasteiger partial charge is 0.477 e. The molecule has 0 radical (unpaired) electrons. The van der Waals surface area contributed by atoms with E-state index in [0.717, 1.165) is 6.26 Å². The fourth-order valence-electron chi connectivity index (χ4n) is 2.00. The molecule has 2 rings (SSSR count). The number of nitro groups is 1. The highest BCUT2D eigenvalue weighted by atomic mass is 35.5. The maximum absolute atomic E-state index is 11.5. The van der Waals surface area contributed by atoms with Crippen LogP contribution in [0.25, 0.3) is 0 Å². The lowest BCUT2D eigenvalue weighted by molar-refractivity contribution is -0.384. The highest BCUT2D eigenvalue weighted by Crippen LogP contribution is 2.30. The Morgan fingerprint density at radius 2 is 2.00 bits per heavy atom. The third kappa shape index (κ3) is 4.77. The van der Waals surface area contributed by atoms with E-state index in [1.54, 1.807) is 0 Å². The summed E-state index contributed by atoms with van der Waals surface area (Å²) >= 11 is 11.3. The average Bonchev–Trinajstić information content (AvgIpc) is 2.94. The highest BCUT2D eigenvalue weighted by molar-refractivity contribution is 7.86. The van der Waals surface area contributed by atoms with Gasteiger partial charge < -0.3 is 4.74 Å². The Morgan fingerprint density at radius 3 is 2.43 bits per heavy atom. The van der Waals surface area contributed by atoms with Crippen molar-refractivity contribution in [1.82, 2.24) is 0 Å². The van der Waals surface area contributed by atoms with Gasteiger partial charge in [0.2, 0.25) is 5.90 Å². The number of aliphatic imine (C=N–C) groups is 1. The van der Waals surface area contributed by atoms with Crippen molar-refractivity contribution >= 4 is 44.9 Å². The monoisotopic (exact) mass is 382 g/mol. The molecule has 1 aliphatic rings. The zero-order valence-electron chi connectivity index (χ0n) is 11.8. The van der Waals surface area contributed by atoms with E-state index in [1.165, 1.54) is 24.3 Å². The van der Waals surface area contributed by atoms with E-state index < -0.39 is 32.0 Å². The molecule has 1 heterocycles. The van der Waals surface area contributed by atoms with Gasteiger partial charge in [-0.05, 0) is 17.7 Å². The van der Waals surface area contributed by atoms with Gasteiger partial charge in [0, 0.05) is 12.1 Å². The SMILES string of the molecule is CS(=O)(=O)OC(c1ccc([N+](=O)[O-])cc1)C1COC(C(Cl)Cl)=N1. The summed E-state index contributed by atoms with van der Waals surface area (Å²) in [7, 11) is -3.80. The molecule has 8 nitrogen and oxygen atoms in total. The van der Waals surface area contributed by atoms with E-state index in [1.807, 2.05) is 0 Å². The van der Waals surface area contributed by atoms with Crippen LogP contribution in [-0.4, -0.2) is 43.0 Å². The van der Waals surface area contributed by atoms with Crippen LogP contribution in [0.2, 0.25) is 0 Å². The molecule has 1 aliphatic heterocycles. The minimum absolute atomic E-state index is 0.0302. The molecule has 2 atom stereocenters. The average molecular weight is 383 g/mol. The molecule has 11 heteroatoms. The van der Waals surface area contributed by atoms with Crippen LogP contribution in [0.1, 0.15) is 11.7 Å². The lowest BCUT2D eigenvalue weighted by atomic mass is 10.0. The summed E-state index contributed by atoms with van der Waals surface area (Å²) in [4.78, 5) is 13.3. The summed E-state index contributed by atoms with van der Waals surface area (Å²) in [5.41, 5.74) is 0.278. The summed E-state index contributed by atoms with van der Waals surface area (Å²) in [5, 5.41) is 10.7. The van der Waals surface area contributed by atoms with E-state index in [4.69, 9.17) is 32.1 Å². The molecule has 0 aromatic heterocycles. The number of non-ortho nitro benzene ring substituents is 1. The van der Waals surface area contributed by atoms with Gasteiger partial charge in [-0.2, -0.15) is 8.42 Å². The molecule has 0 fully saturated rings. The summed E-state index contributed by atoms with van der Waals surface area (Å²) < 4.78 is 33.3. The van der Waals surface area contributed by atoms with Crippen molar-refractivity contribution in [2.45, 2.75) is 17.0 Å². The van der Waals surface area contributed by atoms with Gasteiger partial charge in [0.15, 0.2) is 4.84 Å². The van der Waals surface area contributed by atoms with Crippen LogP contribution in [0.5, 0.6) is 0 Å². The van der Waals surface area contributed by atoms with Crippen LogP contribution in [0.4, 0.5) is 5.69 Å². The first-order valence-corrected chi connectivity index (χ1v) is 8.97. The van der Waals surface area contributed by atoms with Gasteiger partial charge >= 0.3 is 0 Å². The zero-order chi connectivity index (χ0) is 17.2. The molecule has 2 unspecified atom stereocenters. The van der Waals surface area contributed by atoms with Crippen LogP contribution in [0, 0.1) is 10.1 Å². The number of hydrogen-bond acceptors (Lipinski definition) is 7. The predicted octanol–water partition coefficient (Wildman–Crippen LogP) is 2.21. The fourth-order valence-corrected chi connectivity index (χ4v) is 2.85. The Labute approximate surface area is 142 Å². The van der Waals surface area contributed by atoms with Crippen LogP contribution >= 0.6 is 23.2 Å². The number of hydrogen-bond donors (Lipinski definition) is 0. The van der Waals surface area contributed by atoms with E-state index in [9.17, 15) is 18.5 Å². The van der Waals surface area contributed by atoms with Gasteiger partial charge in [0.05, 0.1) is 11.2 Å². The smallest absolute Gasteiger partial charge is 0.269 e. The normalized spacial score (nSPS) is 19.3. The standard InChI is InChI=1S/C12H12Cl2N2O6S/c1-23(19,20)22-10(9-6-21-12(15-9)11(13)14)7-2-4-8(5-3-7)16(17)18/h2-5,9-11H,6H2,1H3. The Kier molecular flexibility index (Phi) is 5.45. The van der Waals surface area contributed by atoms with E-state index >= 15 is 0 Å². The molecular formula is C12H12Cl2N2O6S. The summed E-state index contributed by atoms with van der Waals surface area (Å²) in [6.07, 6.45) is -0.104. The minimum atomic E-state index is -3.80. The van der Waals surface area contributed by atoms with Crippen molar-refractivity contribution in [3.05, 3.63) is 39.9 Å². The second-order valence-corrected chi connectivity index (χ2v) is 7.41. The number of benzene rings is 1. The van der Waals surface area contributed by atoms with Crippen LogP contribution in [0.3, 0.4) is 0 Å². The van der Waals surface area contributed by atoms with Gasteiger partial charge in [-0.3, -0.25) is 14.3 Å². The topological polar surface area (TPSA) is 108 Å². The molecular weight excluding hydrogens is 371 g/mol. The molecule has 1 aromatic rings. The molecule has 23 heavy (non-hydrogen) atoms. The van der Waals surface area contributed by atoms with Gasteiger partial charge in [0.25, 0.3) is 15.8 Å². The molecule has 126 valence electrons. The van der Waals surface area contributed by atoms with Crippen molar-refractivity contribution in [1.29, 1.82) is 0 Å². The third-order valence-corrected chi connectivity index (χ3v) is 3.87. The Bertz CT molecular complexity index is 720. The first-order chi connectivity index (χ1) is 10.7. The van der Waals surface area contributed by atoms with Gasteiger partial charge in [-0.1, -0.05) is 23.2 Å². The van der Waals surface area contributed by atoms with Gasteiger partial charge in [-0.25, -0.2) is 4.99 Å². The van der Waals surface area contributed by atoms with Crippen molar-refractivity contribution in [2.24, 2.45) is 4.99 Å². The van der Waals surface area contributed by atoms with Crippen molar-refractivity contribution < 1.29 is 22.3 Å². The summed E-state index contributed by atoms with van der Waals surface area (Å²) in [6, 6.07) is 4.61. The molecule has 0 spiro atoms. The fraction of sp³-hybridized carbons (Fsp3) is 0.417. The highest BCUT2D eigenvalue weighted by Gasteiger charge is 2.34.